The lowest BCUT2D eigenvalue weighted by atomic mass is 10.0. The van der Waals surface area contributed by atoms with Crippen LogP contribution >= 0.6 is 0 Å². The van der Waals surface area contributed by atoms with E-state index in [9.17, 15) is 9.59 Å². The van der Waals surface area contributed by atoms with Crippen LogP contribution < -0.4 is 15.4 Å². The van der Waals surface area contributed by atoms with Crippen LogP contribution in [0.2, 0.25) is 0 Å². The van der Waals surface area contributed by atoms with Crippen LogP contribution in [0.5, 0.6) is 5.75 Å². The van der Waals surface area contributed by atoms with Gasteiger partial charge in [0.25, 0.3) is 0 Å². The molecule has 6 heteroatoms. The first-order valence-corrected chi connectivity index (χ1v) is 12.2. The van der Waals surface area contributed by atoms with Gasteiger partial charge in [-0.2, -0.15) is 0 Å². The summed E-state index contributed by atoms with van der Waals surface area (Å²) in [6.07, 6.45) is 6.35. The van der Waals surface area contributed by atoms with E-state index in [0.717, 1.165) is 49.0 Å². The van der Waals surface area contributed by atoms with Gasteiger partial charge in [-0.1, -0.05) is 42.5 Å². The summed E-state index contributed by atoms with van der Waals surface area (Å²) in [6.45, 7) is 3.00. The number of nitrogens with zero attached hydrogens (tertiary/aromatic N) is 1. The fourth-order valence-electron chi connectivity index (χ4n) is 4.16. The molecule has 0 atom stereocenters. The van der Waals surface area contributed by atoms with Crippen LogP contribution in [0.15, 0.2) is 48.5 Å². The summed E-state index contributed by atoms with van der Waals surface area (Å²) in [5, 5.41) is 6.12. The molecule has 1 aliphatic carbocycles. The van der Waals surface area contributed by atoms with Crippen molar-refractivity contribution in [2.24, 2.45) is 0 Å². The minimum atomic E-state index is 0.0561. The van der Waals surface area contributed by atoms with E-state index in [1.807, 2.05) is 24.3 Å². The minimum absolute atomic E-state index is 0.0561. The highest BCUT2D eigenvalue weighted by Gasteiger charge is 2.23. The summed E-state index contributed by atoms with van der Waals surface area (Å²) in [5.74, 6) is 1.06. The van der Waals surface area contributed by atoms with Crippen molar-refractivity contribution in [2.45, 2.75) is 64.1 Å². The van der Waals surface area contributed by atoms with E-state index < -0.39 is 0 Å². The second-order valence-electron chi connectivity index (χ2n) is 9.17. The molecule has 1 heterocycles. The van der Waals surface area contributed by atoms with Crippen molar-refractivity contribution in [3.05, 3.63) is 65.2 Å². The number of nitrogens with one attached hydrogen (secondary N) is 2. The summed E-state index contributed by atoms with van der Waals surface area (Å²) in [5.41, 5.74) is 3.36. The van der Waals surface area contributed by atoms with Crippen molar-refractivity contribution < 1.29 is 14.3 Å². The van der Waals surface area contributed by atoms with Gasteiger partial charge in [-0.05, 0) is 55.7 Å². The van der Waals surface area contributed by atoms with Crippen LogP contribution in [0, 0.1) is 0 Å². The Bertz CT molecular complexity index is 927. The van der Waals surface area contributed by atoms with E-state index in [4.69, 9.17) is 4.74 Å². The number of benzene rings is 2. The Labute approximate surface area is 196 Å². The molecule has 33 heavy (non-hydrogen) atoms. The average Bonchev–Trinajstić information content (AvgIpc) is 3.62. The number of carbonyl (C=O) groups excluding carboxylic acids is 2. The summed E-state index contributed by atoms with van der Waals surface area (Å²) in [6, 6.07) is 16.9. The monoisotopic (exact) mass is 449 g/mol. The highest BCUT2D eigenvalue weighted by Crippen LogP contribution is 2.25. The maximum absolute atomic E-state index is 12.6. The average molecular weight is 450 g/mol. The summed E-state index contributed by atoms with van der Waals surface area (Å²) >= 11 is 0. The van der Waals surface area contributed by atoms with Crippen molar-refractivity contribution in [3.63, 3.8) is 0 Å². The third kappa shape index (κ3) is 7.90. The van der Waals surface area contributed by atoms with Gasteiger partial charge >= 0.3 is 0 Å². The molecule has 2 aromatic rings. The molecule has 1 aliphatic heterocycles. The molecule has 6 nitrogen and oxygen atoms in total. The maximum Gasteiger partial charge on any atom is 0.234 e. The van der Waals surface area contributed by atoms with Crippen molar-refractivity contribution in [3.8, 4) is 5.75 Å². The fourth-order valence-corrected chi connectivity index (χ4v) is 4.16. The molecule has 1 saturated carbocycles. The highest BCUT2D eigenvalue weighted by molar-refractivity contribution is 5.78. The Hall–Kier alpha value is -2.86. The zero-order valence-electron chi connectivity index (χ0n) is 19.4. The van der Waals surface area contributed by atoms with E-state index in [1.54, 1.807) is 0 Å². The van der Waals surface area contributed by atoms with E-state index in [1.165, 1.54) is 5.56 Å². The number of fused-ring (bicyclic) bond motifs is 1. The summed E-state index contributed by atoms with van der Waals surface area (Å²) in [4.78, 5) is 26.9. The molecule has 0 radical (unpaired) electrons. The van der Waals surface area contributed by atoms with Crippen LogP contribution in [0.4, 0.5) is 0 Å². The lowest BCUT2D eigenvalue weighted by molar-refractivity contribution is -0.122. The van der Waals surface area contributed by atoms with E-state index >= 15 is 0 Å². The Balaban J connectivity index is 1.51. The number of hydrogen-bond donors (Lipinski definition) is 2. The molecular weight excluding hydrogens is 414 g/mol. The van der Waals surface area contributed by atoms with Crippen molar-refractivity contribution >= 4 is 11.8 Å². The molecule has 0 aromatic heterocycles. The molecular formula is C27H35N3O3. The molecule has 0 bridgehead atoms. The van der Waals surface area contributed by atoms with Crippen LogP contribution in [0.1, 0.15) is 55.2 Å². The van der Waals surface area contributed by atoms with Gasteiger partial charge in [0.05, 0.1) is 13.2 Å². The maximum atomic E-state index is 12.6. The lowest BCUT2D eigenvalue weighted by Gasteiger charge is -2.24. The molecule has 2 N–H and O–H groups in total. The number of carbonyl (C=O) groups is 2. The third-order valence-corrected chi connectivity index (χ3v) is 6.12. The first-order chi connectivity index (χ1) is 16.2. The molecule has 1 fully saturated rings. The Morgan fingerprint density at radius 1 is 1.03 bits per heavy atom. The first-order valence-electron chi connectivity index (χ1n) is 12.2. The zero-order chi connectivity index (χ0) is 22.9. The predicted octanol–water partition coefficient (Wildman–Crippen LogP) is 3.58. The highest BCUT2D eigenvalue weighted by atomic mass is 16.5. The van der Waals surface area contributed by atoms with Gasteiger partial charge < -0.3 is 15.4 Å². The number of amides is 2. The Morgan fingerprint density at radius 2 is 1.88 bits per heavy atom. The summed E-state index contributed by atoms with van der Waals surface area (Å²) < 4.78 is 6.16. The van der Waals surface area contributed by atoms with Gasteiger partial charge in [-0.3, -0.25) is 14.5 Å². The quantitative estimate of drug-likeness (QED) is 0.707. The van der Waals surface area contributed by atoms with Crippen LogP contribution in [-0.4, -0.2) is 42.5 Å². The van der Waals surface area contributed by atoms with Gasteiger partial charge in [-0.15, -0.1) is 0 Å². The SMILES string of the molecule is O=C1CN(Cc2ccccc2)Cc2cc(CCC(=O)NC3CC3)ccc2OCCCCCN1. The number of rotatable bonds is 6. The Morgan fingerprint density at radius 3 is 2.70 bits per heavy atom. The van der Waals surface area contributed by atoms with Gasteiger partial charge in [0.15, 0.2) is 0 Å². The second-order valence-corrected chi connectivity index (χ2v) is 9.17. The van der Waals surface area contributed by atoms with Gasteiger partial charge in [0.2, 0.25) is 11.8 Å². The molecule has 4 rings (SSSR count). The third-order valence-electron chi connectivity index (χ3n) is 6.12. The van der Waals surface area contributed by atoms with Crippen LogP contribution in [0.25, 0.3) is 0 Å². The van der Waals surface area contributed by atoms with Crippen LogP contribution in [-0.2, 0) is 29.1 Å². The van der Waals surface area contributed by atoms with E-state index in [-0.39, 0.29) is 11.8 Å². The van der Waals surface area contributed by atoms with Crippen molar-refractivity contribution in [1.82, 2.24) is 15.5 Å². The Kier molecular flexibility index (Phi) is 8.36. The number of aryl methyl sites for hydroxylation is 1. The van der Waals surface area contributed by atoms with E-state index in [2.05, 4.69) is 39.8 Å². The van der Waals surface area contributed by atoms with E-state index in [0.29, 0.717) is 51.7 Å². The second kappa shape index (κ2) is 11.8. The van der Waals surface area contributed by atoms with Gasteiger partial charge in [-0.25, -0.2) is 0 Å². The van der Waals surface area contributed by atoms with Crippen LogP contribution in [0.3, 0.4) is 0 Å². The first kappa shape index (κ1) is 23.3. The molecule has 0 saturated heterocycles. The number of ether oxygens (including phenoxy) is 1. The molecule has 0 spiro atoms. The molecule has 2 aliphatic rings. The smallest absolute Gasteiger partial charge is 0.234 e. The minimum Gasteiger partial charge on any atom is -0.493 e. The van der Waals surface area contributed by atoms with Gasteiger partial charge in [0.1, 0.15) is 5.75 Å². The predicted molar refractivity (Wildman–Crippen MR) is 129 cm³/mol. The molecule has 2 aromatic carbocycles. The molecule has 0 unspecified atom stereocenters. The van der Waals surface area contributed by atoms with Crippen molar-refractivity contribution in [2.75, 3.05) is 19.7 Å². The standard InChI is InChI=1S/C27H35N3O3/c31-26(29-24-11-12-24)14-10-21-9-13-25-23(17-21)19-30(18-22-7-3-1-4-8-22)20-27(32)28-15-5-2-6-16-33-25/h1,3-4,7-9,13,17,24H,2,5-6,10-12,14-16,18-20H2,(H,28,32)(H,29,31). The largest absolute Gasteiger partial charge is 0.493 e. The normalized spacial score (nSPS) is 18.0. The zero-order valence-corrected chi connectivity index (χ0v) is 19.4. The topological polar surface area (TPSA) is 70.7 Å². The summed E-state index contributed by atoms with van der Waals surface area (Å²) in [7, 11) is 0. The number of hydrogen-bond acceptors (Lipinski definition) is 4. The van der Waals surface area contributed by atoms with Gasteiger partial charge in [0, 0.05) is 37.7 Å². The molecule has 2 amide bonds. The molecule has 176 valence electrons. The van der Waals surface area contributed by atoms with Crippen molar-refractivity contribution in [1.29, 1.82) is 0 Å². The lowest BCUT2D eigenvalue weighted by Crippen LogP contribution is -2.37. The fraction of sp³-hybridized carbons (Fsp3) is 0.481.